The summed E-state index contributed by atoms with van der Waals surface area (Å²) in [7, 11) is 1.61. The zero-order valence-electron chi connectivity index (χ0n) is 15.3. The van der Waals surface area contributed by atoms with E-state index < -0.39 is 0 Å². The summed E-state index contributed by atoms with van der Waals surface area (Å²) in [6, 6.07) is 12.6. The quantitative estimate of drug-likeness (QED) is 0.828. The Kier molecular flexibility index (Phi) is 6.72. The van der Waals surface area contributed by atoms with Crippen LogP contribution in [0.2, 0.25) is 0 Å². The Bertz CT molecular complexity index is 762. The van der Waals surface area contributed by atoms with Crippen molar-refractivity contribution in [2.45, 2.75) is 32.9 Å². The number of carbonyl (C=O) groups is 2. The van der Waals surface area contributed by atoms with E-state index in [-0.39, 0.29) is 30.3 Å². The molecule has 138 valence electrons. The van der Waals surface area contributed by atoms with Gasteiger partial charge in [0.15, 0.2) is 0 Å². The molecule has 0 aliphatic heterocycles. The topological polar surface area (TPSA) is 61.4 Å². The maximum Gasteiger partial charge on any atom is 0.321 e. The van der Waals surface area contributed by atoms with Crippen LogP contribution >= 0.6 is 0 Å². The minimum atomic E-state index is -0.352. The van der Waals surface area contributed by atoms with Crippen LogP contribution in [-0.2, 0) is 6.54 Å². The highest BCUT2D eigenvalue weighted by atomic mass is 19.1. The molecule has 0 saturated carbocycles. The molecule has 0 aromatic heterocycles. The van der Waals surface area contributed by atoms with Crippen molar-refractivity contribution in [2.24, 2.45) is 0 Å². The van der Waals surface area contributed by atoms with Crippen molar-refractivity contribution in [1.82, 2.24) is 10.6 Å². The molecule has 0 spiro atoms. The zero-order chi connectivity index (χ0) is 19.1. The number of nitrogens with zero attached hydrogens (tertiary/aromatic N) is 1. The highest BCUT2D eigenvalue weighted by Crippen LogP contribution is 2.13. The van der Waals surface area contributed by atoms with Crippen molar-refractivity contribution < 1.29 is 14.0 Å². The molecule has 0 fully saturated rings. The van der Waals surface area contributed by atoms with E-state index in [4.69, 9.17) is 0 Å². The fraction of sp³-hybridized carbons (Fsp3) is 0.300. The number of amides is 3. The van der Waals surface area contributed by atoms with Gasteiger partial charge < -0.3 is 10.6 Å². The molecule has 1 unspecified atom stereocenters. The molecule has 2 rings (SSSR count). The Morgan fingerprint density at radius 2 is 1.85 bits per heavy atom. The van der Waals surface area contributed by atoms with E-state index in [2.05, 4.69) is 10.6 Å². The predicted molar refractivity (Wildman–Crippen MR) is 101 cm³/mol. The number of anilines is 1. The molecule has 0 heterocycles. The Labute approximate surface area is 153 Å². The molecule has 2 N–H and O–H groups in total. The normalized spacial score (nSPS) is 11.5. The number of halogens is 1. The second-order valence-corrected chi connectivity index (χ2v) is 6.18. The summed E-state index contributed by atoms with van der Waals surface area (Å²) in [6.45, 7) is 4.25. The third kappa shape index (κ3) is 5.31. The Morgan fingerprint density at radius 3 is 2.50 bits per heavy atom. The van der Waals surface area contributed by atoms with Gasteiger partial charge >= 0.3 is 6.03 Å². The van der Waals surface area contributed by atoms with Crippen molar-refractivity contribution in [1.29, 1.82) is 0 Å². The van der Waals surface area contributed by atoms with Crippen molar-refractivity contribution in [3.63, 3.8) is 0 Å². The lowest BCUT2D eigenvalue weighted by molar-refractivity contribution is 0.0939. The molecule has 0 radical (unpaired) electrons. The average molecular weight is 357 g/mol. The molecule has 3 amide bonds. The molecule has 0 bridgehead atoms. The van der Waals surface area contributed by atoms with E-state index in [1.165, 1.54) is 29.2 Å². The third-order valence-electron chi connectivity index (χ3n) is 4.14. The first-order valence-electron chi connectivity index (χ1n) is 8.57. The first-order valence-corrected chi connectivity index (χ1v) is 8.57. The SMILES string of the molecule is CCC(C)NC(=O)c1cccc(CNC(=O)N(C)c2ccc(F)cc2)c1. The first-order chi connectivity index (χ1) is 12.4. The molecule has 2 aromatic carbocycles. The first kappa shape index (κ1) is 19.4. The lowest BCUT2D eigenvalue weighted by Gasteiger charge is -2.18. The summed E-state index contributed by atoms with van der Waals surface area (Å²) in [6.07, 6.45) is 0.858. The summed E-state index contributed by atoms with van der Waals surface area (Å²) in [5.41, 5.74) is 1.97. The van der Waals surface area contributed by atoms with Gasteiger partial charge in [-0.1, -0.05) is 19.1 Å². The smallest absolute Gasteiger partial charge is 0.321 e. The number of hydrogen-bond acceptors (Lipinski definition) is 2. The van der Waals surface area contributed by atoms with E-state index in [0.717, 1.165) is 12.0 Å². The van der Waals surface area contributed by atoms with Gasteiger partial charge in [-0.3, -0.25) is 9.69 Å². The molecule has 1 atom stereocenters. The fourth-order valence-electron chi connectivity index (χ4n) is 2.31. The number of urea groups is 1. The standard InChI is InChI=1S/C20H24FN3O2/c1-4-14(2)23-19(25)16-7-5-6-15(12-16)13-22-20(26)24(3)18-10-8-17(21)9-11-18/h5-12,14H,4,13H2,1-3H3,(H,22,26)(H,23,25). The van der Waals surface area contributed by atoms with Crippen molar-refractivity contribution >= 4 is 17.6 Å². The van der Waals surface area contributed by atoms with E-state index in [1.54, 1.807) is 25.2 Å². The largest absolute Gasteiger partial charge is 0.350 e. The highest BCUT2D eigenvalue weighted by molar-refractivity contribution is 5.94. The van der Waals surface area contributed by atoms with Crippen LogP contribution in [0, 0.1) is 5.82 Å². The molecule has 0 aliphatic rings. The van der Waals surface area contributed by atoms with E-state index in [0.29, 0.717) is 11.3 Å². The third-order valence-corrected chi connectivity index (χ3v) is 4.14. The van der Waals surface area contributed by atoms with Crippen molar-refractivity contribution in [2.75, 3.05) is 11.9 Å². The Hall–Kier alpha value is -2.89. The van der Waals surface area contributed by atoms with E-state index in [9.17, 15) is 14.0 Å². The van der Waals surface area contributed by atoms with Crippen LogP contribution in [-0.4, -0.2) is 25.0 Å². The van der Waals surface area contributed by atoms with E-state index in [1.807, 2.05) is 19.9 Å². The van der Waals surface area contributed by atoms with Gasteiger partial charge in [-0.2, -0.15) is 0 Å². The Morgan fingerprint density at radius 1 is 1.15 bits per heavy atom. The van der Waals surface area contributed by atoms with Crippen LogP contribution in [0.25, 0.3) is 0 Å². The summed E-state index contributed by atoms with van der Waals surface area (Å²) in [4.78, 5) is 25.8. The summed E-state index contributed by atoms with van der Waals surface area (Å²) in [5.74, 6) is -0.481. The lowest BCUT2D eigenvalue weighted by atomic mass is 10.1. The average Bonchev–Trinajstić information content (AvgIpc) is 2.66. The van der Waals surface area contributed by atoms with Crippen LogP contribution in [0.1, 0.15) is 36.2 Å². The monoisotopic (exact) mass is 357 g/mol. The second kappa shape index (κ2) is 8.99. The molecule has 2 aromatic rings. The molecule has 6 heteroatoms. The van der Waals surface area contributed by atoms with Gasteiger partial charge in [0.25, 0.3) is 5.91 Å². The summed E-state index contributed by atoms with van der Waals surface area (Å²) in [5, 5.41) is 5.71. The van der Waals surface area contributed by atoms with Gasteiger partial charge in [0.2, 0.25) is 0 Å². The maximum atomic E-state index is 13.0. The van der Waals surface area contributed by atoms with Crippen LogP contribution in [0.5, 0.6) is 0 Å². The van der Waals surface area contributed by atoms with Gasteiger partial charge in [0.1, 0.15) is 5.82 Å². The lowest BCUT2D eigenvalue weighted by Crippen LogP contribution is -2.37. The minimum absolute atomic E-state index is 0.107. The number of nitrogens with one attached hydrogen (secondary N) is 2. The maximum absolute atomic E-state index is 13.0. The minimum Gasteiger partial charge on any atom is -0.350 e. The molecule has 0 saturated heterocycles. The molecular formula is C20H24FN3O2. The molecular weight excluding hydrogens is 333 g/mol. The van der Waals surface area contributed by atoms with Crippen molar-refractivity contribution in [3.8, 4) is 0 Å². The van der Waals surface area contributed by atoms with Crippen molar-refractivity contribution in [3.05, 3.63) is 65.5 Å². The fourth-order valence-corrected chi connectivity index (χ4v) is 2.31. The number of carbonyl (C=O) groups excluding carboxylic acids is 2. The highest BCUT2D eigenvalue weighted by Gasteiger charge is 2.12. The van der Waals surface area contributed by atoms with E-state index >= 15 is 0 Å². The van der Waals surface area contributed by atoms with Gasteiger partial charge in [-0.05, 0) is 55.3 Å². The second-order valence-electron chi connectivity index (χ2n) is 6.18. The Balaban J connectivity index is 1.96. The molecule has 0 aliphatic carbocycles. The molecule has 26 heavy (non-hydrogen) atoms. The predicted octanol–water partition coefficient (Wildman–Crippen LogP) is 3.70. The zero-order valence-corrected chi connectivity index (χ0v) is 15.3. The van der Waals surface area contributed by atoms with Crippen LogP contribution < -0.4 is 15.5 Å². The van der Waals surface area contributed by atoms with Crippen LogP contribution in [0.4, 0.5) is 14.9 Å². The van der Waals surface area contributed by atoms with Gasteiger partial charge in [0.05, 0.1) is 0 Å². The number of benzene rings is 2. The van der Waals surface area contributed by atoms with Gasteiger partial charge in [-0.15, -0.1) is 0 Å². The number of hydrogen-bond donors (Lipinski definition) is 2. The summed E-state index contributed by atoms with van der Waals surface area (Å²) >= 11 is 0. The summed E-state index contributed by atoms with van der Waals surface area (Å²) < 4.78 is 13.0. The number of rotatable bonds is 6. The van der Waals surface area contributed by atoms with Crippen LogP contribution in [0.3, 0.4) is 0 Å². The van der Waals surface area contributed by atoms with Gasteiger partial charge in [0, 0.05) is 30.9 Å². The molecule has 5 nitrogen and oxygen atoms in total. The van der Waals surface area contributed by atoms with Gasteiger partial charge in [-0.25, -0.2) is 9.18 Å². The van der Waals surface area contributed by atoms with Crippen LogP contribution in [0.15, 0.2) is 48.5 Å².